The molecule has 0 heterocycles. The summed E-state index contributed by atoms with van der Waals surface area (Å²) >= 11 is 6.34. The molecule has 1 aromatic rings. The summed E-state index contributed by atoms with van der Waals surface area (Å²) in [4.78, 5) is 10.7. The normalized spacial score (nSPS) is 23.3. The third-order valence-electron chi connectivity index (χ3n) is 5.32. The molecule has 2 aliphatic rings. The number of nitrogens with two attached hydrogens (primary N) is 1. The predicted molar refractivity (Wildman–Crippen MR) is 96.8 cm³/mol. The maximum absolute atomic E-state index is 11.2. The van der Waals surface area contributed by atoms with Gasteiger partial charge >= 0.3 is 0 Å². The highest BCUT2D eigenvalue weighted by molar-refractivity contribution is 6.31. The van der Waals surface area contributed by atoms with E-state index in [1.54, 1.807) is 0 Å². The Labute approximate surface area is 160 Å². The van der Waals surface area contributed by atoms with Gasteiger partial charge in [0.2, 0.25) is 0 Å². The molecule has 8 heteroatoms. The molecule has 27 heavy (non-hydrogen) atoms. The van der Waals surface area contributed by atoms with Crippen LogP contribution in [0.1, 0.15) is 30.7 Å². The largest absolute Gasteiger partial charge is 0.399 e. The fraction of sp³-hybridized carbons (Fsp3) is 0.316. The van der Waals surface area contributed by atoms with Gasteiger partial charge in [-0.3, -0.25) is 10.1 Å². The van der Waals surface area contributed by atoms with Crippen LogP contribution in [0.25, 0.3) is 0 Å². The zero-order valence-corrected chi connectivity index (χ0v) is 14.9. The van der Waals surface area contributed by atoms with E-state index in [0.29, 0.717) is 17.6 Å². The van der Waals surface area contributed by atoms with E-state index >= 15 is 0 Å². The number of benzene rings is 1. The van der Waals surface area contributed by atoms with E-state index in [-0.39, 0.29) is 27.9 Å². The second-order valence-electron chi connectivity index (χ2n) is 6.57. The van der Waals surface area contributed by atoms with Gasteiger partial charge in [0.1, 0.15) is 6.07 Å². The van der Waals surface area contributed by atoms with Crippen molar-refractivity contribution in [2.24, 2.45) is 17.1 Å². The van der Waals surface area contributed by atoms with Gasteiger partial charge in [-0.15, -0.1) is 0 Å². The van der Waals surface area contributed by atoms with Crippen LogP contribution >= 0.6 is 11.6 Å². The molecule has 0 saturated heterocycles. The Kier molecular flexibility index (Phi) is 4.62. The van der Waals surface area contributed by atoms with Crippen molar-refractivity contribution >= 4 is 17.3 Å². The van der Waals surface area contributed by atoms with Crippen LogP contribution in [0.4, 0.5) is 5.69 Å². The van der Waals surface area contributed by atoms with Gasteiger partial charge in [-0.1, -0.05) is 17.7 Å². The smallest absolute Gasteiger partial charge is 0.269 e. The lowest BCUT2D eigenvalue weighted by molar-refractivity contribution is -0.384. The standard InChI is InChI=1S/C19H14ClN5O2/c20-16-6-5-11(25(26)27)7-14(16)17-13-4-2-1-3-12(13)15(8-21)18(24)19(17,9-22)10-23/h3,5-7,13,17H,1-2,4,24H2/t13-,17+/m0/s1. The zero-order valence-electron chi connectivity index (χ0n) is 14.1. The molecule has 0 fully saturated rings. The first-order valence-electron chi connectivity index (χ1n) is 8.28. The number of hydrogen-bond donors (Lipinski definition) is 1. The Morgan fingerprint density at radius 3 is 2.59 bits per heavy atom. The Balaban J connectivity index is 2.37. The summed E-state index contributed by atoms with van der Waals surface area (Å²) in [5.74, 6) is -1.15. The van der Waals surface area contributed by atoms with Crippen molar-refractivity contribution in [3.8, 4) is 18.2 Å². The minimum atomic E-state index is -1.83. The van der Waals surface area contributed by atoms with Crippen LogP contribution in [-0.2, 0) is 0 Å². The third-order valence-corrected chi connectivity index (χ3v) is 5.67. The van der Waals surface area contributed by atoms with E-state index in [1.807, 2.05) is 24.3 Å². The molecule has 0 radical (unpaired) electrons. The minimum absolute atomic E-state index is 0.119. The number of nitrogens with zero attached hydrogens (tertiary/aromatic N) is 4. The third kappa shape index (κ3) is 2.63. The van der Waals surface area contributed by atoms with Crippen molar-refractivity contribution in [1.82, 2.24) is 0 Å². The molecule has 2 aliphatic carbocycles. The number of halogens is 1. The van der Waals surface area contributed by atoms with Crippen molar-refractivity contribution in [1.29, 1.82) is 15.8 Å². The van der Waals surface area contributed by atoms with Gasteiger partial charge in [0.25, 0.3) is 5.69 Å². The van der Waals surface area contributed by atoms with Crippen molar-refractivity contribution in [3.63, 3.8) is 0 Å². The number of non-ortho nitro benzene ring substituents is 1. The second kappa shape index (κ2) is 6.76. The average molecular weight is 380 g/mol. The molecule has 1 aromatic carbocycles. The van der Waals surface area contributed by atoms with E-state index in [0.717, 1.165) is 12.8 Å². The maximum atomic E-state index is 11.2. The molecule has 3 rings (SSSR count). The van der Waals surface area contributed by atoms with Gasteiger partial charge in [0, 0.05) is 23.1 Å². The van der Waals surface area contributed by atoms with Crippen LogP contribution in [-0.4, -0.2) is 4.92 Å². The van der Waals surface area contributed by atoms with Crippen molar-refractivity contribution in [3.05, 3.63) is 61.8 Å². The number of nitro groups is 1. The minimum Gasteiger partial charge on any atom is -0.399 e. The second-order valence-corrected chi connectivity index (χ2v) is 6.98. The first-order valence-corrected chi connectivity index (χ1v) is 8.66. The molecule has 0 saturated carbocycles. The summed E-state index contributed by atoms with van der Waals surface area (Å²) in [6.45, 7) is 0. The number of hydrogen-bond acceptors (Lipinski definition) is 6. The number of fused-ring (bicyclic) bond motifs is 1. The quantitative estimate of drug-likeness (QED) is 0.611. The highest BCUT2D eigenvalue weighted by atomic mass is 35.5. The van der Waals surface area contributed by atoms with Gasteiger partial charge in [0.15, 0.2) is 5.41 Å². The summed E-state index contributed by atoms with van der Waals surface area (Å²) in [7, 11) is 0. The zero-order chi connectivity index (χ0) is 19.8. The predicted octanol–water partition coefficient (Wildman–Crippen LogP) is 3.84. The van der Waals surface area contributed by atoms with E-state index in [4.69, 9.17) is 17.3 Å². The fourth-order valence-electron chi connectivity index (χ4n) is 4.10. The molecule has 0 unspecified atom stereocenters. The lowest BCUT2D eigenvalue weighted by Gasteiger charge is -2.43. The lowest BCUT2D eigenvalue weighted by atomic mass is 9.56. The van der Waals surface area contributed by atoms with Crippen molar-refractivity contribution in [2.75, 3.05) is 0 Å². The summed E-state index contributed by atoms with van der Waals surface area (Å²) in [6, 6.07) is 9.97. The number of nitriles is 3. The van der Waals surface area contributed by atoms with E-state index in [9.17, 15) is 25.9 Å². The first-order chi connectivity index (χ1) is 12.9. The molecule has 0 spiro atoms. The molecule has 2 atom stereocenters. The van der Waals surface area contributed by atoms with Crippen molar-refractivity contribution in [2.45, 2.75) is 25.2 Å². The summed E-state index contributed by atoms with van der Waals surface area (Å²) in [5, 5.41) is 40.9. The molecule has 7 nitrogen and oxygen atoms in total. The van der Waals surface area contributed by atoms with Crippen LogP contribution in [0.2, 0.25) is 5.02 Å². The van der Waals surface area contributed by atoms with Crippen LogP contribution in [0.5, 0.6) is 0 Å². The monoisotopic (exact) mass is 379 g/mol. The van der Waals surface area contributed by atoms with Crippen LogP contribution in [0, 0.1) is 55.4 Å². The van der Waals surface area contributed by atoms with E-state index in [1.165, 1.54) is 18.2 Å². The number of nitro benzene ring substituents is 1. The van der Waals surface area contributed by atoms with Gasteiger partial charge < -0.3 is 5.73 Å². The SMILES string of the molecule is N#CC1=C(N)C(C#N)(C#N)[C@@H](c2cc([N+](=O)[O-])ccc2Cl)[C@H]2CCCC=C12. The van der Waals surface area contributed by atoms with E-state index < -0.39 is 16.3 Å². The fourth-order valence-corrected chi connectivity index (χ4v) is 4.34. The molecule has 0 aliphatic heterocycles. The highest BCUT2D eigenvalue weighted by Gasteiger charge is 2.54. The molecule has 0 aromatic heterocycles. The molecular weight excluding hydrogens is 366 g/mol. The molecule has 134 valence electrons. The Morgan fingerprint density at radius 1 is 1.30 bits per heavy atom. The number of allylic oxidation sites excluding steroid dienone is 4. The maximum Gasteiger partial charge on any atom is 0.269 e. The molecule has 0 amide bonds. The van der Waals surface area contributed by atoms with Crippen molar-refractivity contribution < 1.29 is 4.92 Å². The van der Waals surface area contributed by atoms with Gasteiger partial charge in [-0.2, -0.15) is 15.8 Å². The van der Waals surface area contributed by atoms with Gasteiger partial charge in [-0.05, 0) is 42.4 Å². The highest BCUT2D eigenvalue weighted by Crippen LogP contribution is 2.57. The number of rotatable bonds is 2. The molecule has 0 bridgehead atoms. The topological polar surface area (TPSA) is 141 Å². The first kappa shape index (κ1) is 18.5. The van der Waals surface area contributed by atoms with Crippen LogP contribution in [0.3, 0.4) is 0 Å². The molecular formula is C19H14ClN5O2. The summed E-state index contributed by atoms with van der Waals surface area (Å²) in [6.07, 6.45) is 4.09. The van der Waals surface area contributed by atoms with Gasteiger partial charge in [-0.25, -0.2) is 0 Å². The Morgan fingerprint density at radius 2 is 2.00 bits per heavy atom. The average Bonchev–Trinajstić information content (AvgIpc) is 2.68. The van der Waals surface area contributed by atoms with E-state index in [2.05, 4.69) is 0 Å². The van der Waals surface area contributed by atoms with Crippen LogP contribution < -0.4 is 5.73 Å². The molecule has 2 N–H and O–H groups in total. The Hall–Kier alpha value is -3.34. The Bertz CT molecular complexity index is 1010. The summed E-state index contributed by atoms with van der Waals surface area (Å²) in [5.41, 5.74) is 5.20. The summed E-state index contributed by atoms with van der Waals surface area (Å²) < 4.78 is 0. The van der Waals surface area contributed by atoms with Crippen LogP contribution in [0.15, 0.2) is 41.1 Å². The van der Waals surface area contributed by atoms with Gasteiger partial charge in [0.05, 0.1) is 28.3 Å². The lowest BCUT2D eigenvalue weighted by Crippen LogP contribution is -2.42.